The molecular formula is C23H20N8O5S3. The molecule has 5 heterocycles. The van der Waals surface area contributed by atoms with Crippen molar-refractivity contribution in [2.45, 2.75) is 18.0 Å². The summed E-state index contributed by atoms with van der Waals surface area (Å²) in [5.74, 6) is -2.69. The van der Waals surface area contributed by atoms with Gasteiger partial charge < -0.3 is 31.9 Å². The number of nitrogens with one attached hydrogen (secondary N) is 1. The first-order chi connectivity index (χ1) is 18.8. The highest BCUT2D eigenvalue weighted by Gasteiger charge is 2.53. The highest BCUT2D eigenvalue weighted by atomic mass is 32.2. The van der Waals surface area contributed by atoms with Crippen LogP contribution < -0.4 is 26.5 Å². The van der Waals surface area contributed by atoms with Crippen molar-refractivity contribution in [3.05, 3.63) is 64.4 Å². The molecule has 0 unspecified atom stereocenters. The number of carbonyl (C=O) groups excluding carboxylic acids is 3. The minimum atomic E-state index is -1.50. The average molecular weight is 585 g/mol. The number of amides is 2. The second-order valence-electron chi connectivity index (χ2n) is 8.30. The van der Waals surface area contributed by atoms with Gasteiger partial charge in [0.25, 0.3) is 11.8 Å². The third kappa shape index (κ3) is 5.21. The number of carboxylic acid groups (broad SMARTS) is 1. The lowest BCUT2D eigenvalue weighted by Gasteiger charge is -2.50. The molecule has 2 aliphatic rings. The van der Waals surface area contributed by atoms with Crippen LogP contribution in [0.2, 0.25) is 0 Å². The van der Waals surface area contributed by atoms with Crippen molar-refractivity contribution in [1.29, 1.82) is 0 Å². The van der Waals surface area contributed by atoms with E-state index in [2.05, 4.69) is 20.4 Å². The predicted octanol–water partition coefficient (Wildman–Crippen LogP) is -0.443. The molecule has 39 heavy (non-hydrogen) atoms. The summed E-state index contributed by atoms with van der Waals surface area (Å²) in [5.41, 5.74) is 12.8. The van der Waals surface area contributed by atoms with Crippen LogP contribution in [0, 0.1) is 0 Å². The fourth-order valence-electron chi connectivity index (χ4n) is 4.10. The predicted molar refractivity (Wildman–Crippen MR) is 143 cm³/mol. The molecule has 3 aromatic heterocycles. The quantitative estimate of drug-likeness (QED) is 0.0883. The van der Waals surface area contributed by atoms with E-state index in [9.17, 15) is 24.7 Å². The summed E-state index contributed by atoms with van der Waals surface area (Å²) in [5, 5.41) is 30.1. The van der Waals surface area contributed by atoms with E-state index in [4.69, 9.17) is 11.5 Å². The van der Waals surface area contributed by atoms with Crippen LogP contribution in [0.4, 0.5) is 10.3 Å². The van der Waals surface area contributed by atoms with Gasteiger partial charge in [0.1, 0.15) is 17.1 Å². The van der Waals surface area contributed by atoms with Crippen molar-refractivity contribution in [3.8, 4) is 11.3 Å². The van der Waals surface area contributed by atoms with Gasteiger partial charge in [0, 0.05) is 22.6 Å². The zero-order valence-electron chi connectivity index (χ0n) is 19.9. The number of hydrogen-bond acceptors (Lipinski definition) is 13. The van der Waals surface area contributed by atoms with Crippen LogP contribution in [0.5, 0.6) is 0 Å². The highest BCUT2D eigenvalue weighted by Crippen LogP contribution is 2.40. The van der Waals surface area contributed by atoms with E-state index in [1.807, 2.05) is 34.5 Å². The van der Waals surface area contributed by atoms with E-state index in [0.29, 0.717) is 17.2 Å². The number of aliphatic carboxylic acids is 1. The molecule has 5 rings (SSSR count). The number of oxime groups is 1. The molecule has 200 valence electrons. The summed E-state index contributed by atoms with van der Waals surface area (Å²) < 4.78 is 1.90. The van der Waals surface area contributed by atoms with Crippen molar-refractivity contribution in [2.75, 3.05) is 17.2 Å². The van der Waals surface area contributed by atoms with E-state index in [-0.39, 0.29) is 22.3 Å². The molecule has 0 bridgehead atoms. The van der Waals surface area contributed by atoms with E-state index in [1.165, 1.54) is 28.5 Å². The number of β-lactam (4-membered cyclic amide) rings is 1. The van der Waals surface area contributed by atoms with Gasteiger partial charge in [0.05, 0.1) is 22.9 Å². The molecule has 2 amide bonds. The number of rotatable bonds is 8. The number of carbonyl (C=O) groups is 3. The standard InChI is InChI=1S/C23H20N8O5S3/c24-22-26-13(9-38-22)11-3-1-5-30(7-11)6-2-4-12-8-37-20-16(19(33)31(20)17(12)21(34)35)28-18(32)15(29-36)14-10-39-23(25)27-14/h1-5,7,9-10,16,20H,6,8H2,(H6-,24,25,26,27,28,32,34,35,36)/b4-2+/t16-,20+/m1/s1. The Balaban J connectivity index is 1.28. The lowest BCUT2D eigenvalue weighted by atomic mass is 10.0. The number of anilines is 2. The zero-order valence-corrected chi connectivity index (χ0v) is 22.3. The van der Waals surface area contributed by atoms with Crippen LogP contribution in [0.1, 0.15) is 5.69 Å². The Hall–Kier alpha value is -4.28. The molecule has 0 spiro atoms. The van der Waals surface area contributed by atoms with Crippen LogP contribution in [0.3, 0.4) is 0 Å². The van der Waals surface area contributed by atoms with E-state index in [0.717, 1.165) is 27.5 Å². The minimum Gasteiger partial charge on any atom is -0.543 e. The molecule has 2 atom stereocenters. The second-order valence-corrected chi connectivity index (χ2v) is 11.2. The number of nitrogens with two attached hydrogens (primary N) is 2. The summed E-state index contributed by atoms with van der Waals surface area (Å²) >= 11 is 3.70. The van der Waals surface area contributed by atoms with E-state index in [1.54, 1.807) is 12.2 Å². The Morgan fingerprint density at radius 2 is 2.05 bits per heavy atom. The molecule has 0 saturated carbocycles. The fraction of sp³-hybridized carbons (Fsp3) is 0.174. The van der Waals surface area contributed by atoms with Crippen LogP contribution in [-0.2, 0) is 20.9 Å². The number of fused-ring (bicyclic) bond motifs is 1. The van der Waals surface area contributed by atoms with E-state index >= 15 is 0 Å². The Morgan fingerprint density at radius 1 is 1.28 bits per heavy atom. The number of allylic oxidation sites excluding steroid dienone is 2. The zero-order chi connectivity index (χ0) is 27.7. The summed E-state index contributed by atoms with van der Waals surface area (Å²) in [4.78, 5) is 46.9. The number of nitrogen functional groups attached to an aromatic ring is 2. The van der Waals surface area contributed by atoms with Gasteiger partial charge in [-0.25, -0.2) is 14.5 Å². The SMILES string of the molecule is Nc1nc(C(=NO)C(=O)N[C@@H]2C(=O)N3C(C(=O)[O-])=C(/C=C/C[n+]4cccc(-c5csc(N)n5)c4)CS[C@@H]23)cs1. The maximum atomic E-state index is 12.9. The lowest BCUT2D eigenvalue weighted by Crippen LogP contribution is -2.71. The fourth-order valence-corrected chi connectivity index (χ4v) is 6.54. The van der Waals surface area contributed by atoms with Crippen molar-refractivity contribution >= 4 is 68.2 Å². The van der Waals surface area contributed by atoms with Gasteiger partial charge >= 0.3 is 0 Å². The summed E-state index contributed by atoms with van der Waals surface area (Å²) in [6.07, 6.45) is 7.19. The van der Waals surface area contributed by atoms with Gasteiger partial charge in [-0.2, -0.15) is 0 Å². The number of aromatic nitrogens is 3. The molecule has 13 nitrogen and oxygen atoms in total. The van der Waals surface area contributed by atoms with Gasteiger partial charge in [-0.05, 0) is 17.7 Å². The third-order valence-electron chi connectivity index (χ3n) is 5.87. The summed E-state index contributed by atoms with van der Waals surface area (Å²) in [6, 6.07) is 2.76. The Morgan fingerprint density at radius 3 is 2.72 bits per heavy atom. The van der Waals surface area contributed by atoms with Gasteiger partial charge in [0.2, 0.25) is 0 Å². The minimum absolute atomic E-state index is 0.0549. The molecular weight excluding hydrogens is 565 g/mol. The molecule has 0 radical (unpaired) electrons. The molecule has 0 aromatic carbocycles. The van der Waals surface area contributed by atoms with Gasteiger partial charge in [-0.1, -0.05) is 11.2 Å². The van der Waals surface area contributed by atoms with Gasteiger partial charge in [-0.15, -0.1) is 34.4 Å². The Bertz CT molecular complexity index is 1560. The van der Waals surface area contributed by atoms with Crippen LogP contribution >= 0.6 is 34.4 Å². The first-order valence-electron chi connectivity index (χ1n) is 11.3. The second kappa shape index (κ2) is 10.8. The molecule has 1 fully saturated rings. The number of hydrogen-bond donors (Lipinski definition) is 4. The maximum absolute atomic E-state index is 12.9. The molecule has 2 aliphatic heterocycles. The third-order valence-corrected chi connectivity index (χ3v) is 8.52. The normalized spacial score (nSPS) is 19.2. The molecule has 6 N–H and O–H groups in total. The first kappa shape index (κ1) is 26.3. The van der Waals surface area contributed by atoms with Crippen LogP contribution in [-0.4, -0.2) is 60.7 Å². The van der Waals surface area contributed by atoms with Gasteiger partial charge in [0.15, 0.2) is 34.9 Å². The molecule has 3 aromatic rings. The highest BCUT2D eigenvalue weighted by molar-refractivity contribution is 8.00. The smallest absolute Gasteiger partial charge is 0.276 e. The molecule has 1 saturated heterocycles. The number of pyridine rings is 1. The summed E-state index contributed by atoms with van der Waals surface area (Å²) in [6.45, 7) is 0.433. The van der Waals surface area contributed by atoms with Crippen molar-refractivity contribution in [2.24, 2.45) is 5.16 Å². The largest absolute Gasteiger partial charge is 0.543 e. The molecule has 16 heteroatoms. The van der Waals surface area contributed by atoms with Crippen molar-refractivity contribution < 1.29 is 29.3 Å². The van der Waals surface area contributed by atoms with Gasteiger partial charge in [-0.3, -0.25) is 14.5 Å². The average Bonchev–Trinajstić information content (AvgIpc) is 3.55. The van der Waals surface area contributed by atoms with Crippen LogP contribution in [0.15, 0.2) is 63.9 Å². The number of nitrogens with zero attached hydrogens (tertiary/aromatic N) is 5. The number of thioether (sulfide) groups is 1. The van der Waals surface area contributed by atoms with Crippen LogP contribution in [0.25, 0.3) is 11.3 Å². The van der Waals surface area contributed by atoms with E-state index < -0.39 is 34.9 Å². The van der Waals surface area contributed by atoms with Crippen molar-refractivity contribution in [1.82, 2.24) is 20.2 Å². The molecule has 0 aliphatic carbocycles. The summed E-state index contributed by atoms with van der Waals surface area (Å²) in [7, 11) is 0. The number of thiazole rings is 2. The van der Waals surface area contributed by atoms with Crippen molar-refractivity contribution in [3.63, 3.8) is 0 Å². The topological polar surface area (TPSA) is 204 Å². The number of carboxylic acids is 1. The lowest BCUT2D eigenvalue weighted by molar-refractivity contribution is -0.686. The first-order valence-corrected chi connectivity index (χ1v) is 14.1. The Labute approximate surface area is 233 Å². The Kier molecular flexibility index (Phi) is 7.32. The monoisotopic (exact) mass is 584 g/mol. The maximum Gasteiger partial charge on any atom is 0.276 e.